The number of aryl methyl sites for hydroxylation is 1. The van der Waals surface area contributed by atoms with E-state index in [1.165, 1.54) is 17.2 Å². The van der Waals surface area contributed by atoms with Gasteiger partial charge in [0, 0.05) is 104 Å². The van der Waals surface area contributed by atoms with E-state index < -0.39 is 37.5 Å². The molecule has 85 heavy (non-hydrogen) atoms. The summed E-state index contributed by atoms with van der Waals surface area (Å²) in [5, 5.41) is 17.5. The minimum Gasteiger partial charge on any atom is -0.491 e. The Hall–Kier alpha value is -6.72. The Morgan fingerprint density at radius 1 is 0.894 bits per heavy atom. The summed E-state index contributed by atoms with van der Waals surface area (Å²) in [6.45, 7) is 13.7. The van der Waals surface area contributed by atoms with E-state index in [4.69, 9.17) is 45.0 Å². The molecule has 20 nitrogen and oxygen atoms in total. The Bertz CT molecular complexity index is 3680. The molecule has 2 aromatic heterocycles. The Morgan fingerprint density at radius 2 is 1.71 bits per heavy atom. The van der Waals surface area contributed by atoms with Gasteiger partial charge in [0.2, 0.25) is 5.88 Å². The van der Waals surface area contributed by atoms with Crippen molar-refractivity contribution in [2.45, 2.75) is 120 Å². The number of nitro groups is 1. The average molecular weight is 1200 g/mol. The fraction of sp³-hybridized carbons (Fsp3) is 0.492. The fourth-order valence-corrected chi connectivity index (χ4v) is 16.2. The van der Waals surface area contributed by atoms with Crippen molar-refractivity contribution in [3.05, 3.63) is 128 Å². The molecule has 4 saturated heterocycles. The maximum absolute atomic E-state index is 15.0. The Kier molecular flexibility index (Phi) is 14.9. The van der Waals surface area contributed by atoms with Crippen LogP contribution in [0.4, 0.5) is 28.4 Å². The summed E-state index contributed by atoms with van der Waals surface area (Å²) in [4.78, 5) is 44.4. The second kappa shape index (κ2) is 22.5. The number of fused-ring (bicyclic) bond motifs is 5. The zero-order chi connectivity index (χ0) is 58.3. The molecule has 6 aromatic rings. The number of piperazine rings is 1. The Morgan fingerprint density at radius 3 is 2.52 bits per heavy atom. The van der Waals surface area contributed by atoms with E-state index in [0.29, 0.717) is 68.4 Å². The molecule has 1 spiro atoms. The summed E-state index contributed by atoms with van der Waals surface area (Å²) in [5.41, 5.74) is 7.23. The highest BCUT2D eigenvalue weighted by molar-refractivity contribution is 7.90. The standard InChI is InChI=1S/C63H72ClN9O11S/c1-37(2)83-56-7-5-4-6-44(56)54-32-70(55-35-81-33-47-46(55)24-38(3)25-48(47)64)19-20-71(54)42-30-63(31-42)14-17-69(18-15-63)41-8-9-45(51(27-41)72-50-13-23-80-36-58(50)84-62-53(72)26-40-10-16-65-60(40)67-62)61(74)68-85(77,78)43-28-52(73(75)76)59-57(29-43)82-34-49(66-59)39-11-21-79-22-12-39/h4-10,16,24-29,37,39,42,49-50,54-55,58,66H,11-15,17-23,30-36H2,1-3H3,(H,65,67)(H,68,74)/t49-,50-,54-,55+,58-/m0/s1. The molecule has 0 unspecified atom stereocenters. The van der Waals surface area contributed by atoms with Crippen molar-refractivity contribution >= 4 is 67.0 Å². The second-order valence-corrected chi connectivity index (χ2v) is 26.8. The number of nitro benzene ring substituents is 1. The van der Waals surface area contributed by atoms with Gasteiger partial charge < -0.3 is 48.5 Å². The van der Waals surface area contributed by atoms with Crippen LogP contribution in [0.3, 0.4) is 0 Å². The zero-order valence-corrected chi connectivity index (χ0v) is 49.7. The zero-order valence-electron chi connectivity index (χ0n) is 48.1. The number of benzene rings is 4. The van der Waals surface area contributed by atoms with Crippen molar-refractivity contribution in [1.82, 2.24) is 24.5 Å². The predicted octanol–water partition coefficient (Wildman–Crippen LogP) is 10.0. The lowest BCUT2D eigenvalue weighted by Crippen LogP contribution is -2.60. The molecule has 9 heterocycles. The molecule has 7 aliphatic heterocycles. The van der Waals surface area contributed by atoms with E-state index in [1.54, 1.807) is 6.07 Å². The lowest BCUT2D eigenvalue weighted by atomic mass is 9.59. The number of H-pyrrole nitrogens is 1. The largest absolute Gasteiger partial charge is 0.491 e. The maximum atomic E-state index is 15.0. The summed E-state index contributed by atoms with van der Waals surface area (Å²) in [6.07, 6.45) is 7.58. The monoisotopic (exact) mass is 1200 g/mol. The Balaban J connectivity index is 0.740. The number of ether oxygens (including phenoxy) is 6. The number of hydrogen-bond acceptors (Lipinski definition) is 17. The van der Waals surface area contributed by atoms with E-state index in [0.717, 1.165) is 110 Å². The van der Waals surface area contributed by atoms with Crippen molar-refractivity contribution in [3.63, 3.8) is 0 Å². The van der Waals surface area contributed by atoms with Crippen molar-refractivity contribution in [3.8, 4) is 17.4 Å². The molecule has 8 aliphatic rings. The number of pyridine rings is 1. The average Bonchev–Trinajstić information content (AvgIpc) is 2.79. The molecule has 22 heteroatoms. The van der Waals surface area contributed by atoms with E-state index in [-0.39, 0.29) is 71.8 Å². The molecule has 1 amide bonds. The summed E-state index contributed by atoms with van der Waals surface area (Å²) in [5.74, 6) is 0.559. The van der Waals surface area contributed by atoms with Crippen LogP contribution in [-0.2, 0) is 30.8 Å². The van der Waals surface area contributed by atoms with Crippen molar-refractivity contribution < 1.29 is 46.6 Å². The molecule has 5 fully saturated rings. The molecule has 4 aromatic carbocycles. The van der Waals surface area contributed by atoms with Gasteiger partial charge in [-0.2, -0.15) is 4.98 Å². The van der Waals surface area contributed by atoms with Crippen LogP contribution in [0.25, 0.3) is 11.0 Å². The number of carbonyl (C=O) groups excluding carboxylic acids is 1. The first-order valence-corrected chi connectivity index (χ1v) is 31.9. The molecule has 1 aliphatic carbocycles. The van der Waals surface area contributed by atoms with Gasteiger partial charge in [0.15, 0.2) is 11.4 Å². The number of aromatic amines is 1. The van der Waals surface area contributed by atoms with Crippen LogP contribution in [0, 0.1) is 28.4 Å². The molecule has 5 atom stereocenters. The first-order valence-electron chi connectivity index (χ1n) is 30.1. The number of aromatic nitrogens is 2. The van der Waals surface area contributed by atoms with E-state index in [1.807, 2.05) is 36.5 Å². The van der Waals surface area contributed by atoms with Crippen LogP contribution in [-0.4, -0.2) is 142 Å². The first kappa shape index (κ1) is 56.1. The summed E-state index contributed by atoms with van der Waals surface area (Å²) in [7, 11) is -4.72. The van der Waals surface area contributed by atoms with Crippen molar-refractivity contribution in [1.29, 1.82) is 0 Å². The van der Waals surface area contributed by atoms with Crippen LogP contribution in [0.2, 0.25) is 5.02 Å². The lowest BCUT2D eigenvalue weighted by Gasteiger charge is -2.59. The van der Waals surface area contributed by atoms with Gasteiger partial charge in [0.25, 0.3) is 21.6 Å². The molecule has 448 valence electrons. The van der Waals surface area contributed by atoms with E-state index in [9.17, 15) is 23.3 Å². The van der Waals surface area contributed by atoms with Gasteiger partial charge >= 0.3 is 0 Å². The topological polar surface area (TPSA) is 215 Å². The van der Waals surface area contributed by atoms with Gasteiger partial charge in [-0.05, 0) is 131 Å². The predicted molar refractivity (Wildman–Crippen MR) is 321 cm³/mol. The minimum atomic E-state index is -4.72. The highest BCUT2D eigenvalue weighted by atomic mass is 35.5. The van der Waals surface area contributed by atoms with Gasteiger partial charge in [-0.3, -0.25) is 24.7 Å². The van der Waals surface area contributed by atoms with E-state index in [2.05, 4.69) is 85.7 Å². The quantitative estimate of drug-likeness (QED) is 0.0767. The maximum Gasteiger partial charge on any atom is 0.297 e. The first-order chi connectivity index (χ1) is 41.2. The summed E-state index contributed by atoms with van der Waals surface area (Å²) < 4.78 is 68.2. The summed E-state index contributed by atoms with van der Waals surface area (Å²) >= 11 is 6.85. The molecule has 0 bridgehead atoms. The number of nitrogens with zero attached hydrogens (tertiary/aromatic N) is 6. The third-order valence-electron chi connectivity index (χ3n) is 19.2. The molecule has 0 radical (unpaired) electrons. The molecule has 14 rings (SSSR count). The van der Waals surface area contributed by atoms with Gasteiger partial charge in [-0.1, -0.05) is 35.9 Å². The smallest absolute Gasteiger partial charge is 0.297 e. The SMILES string of the molecule is Cc1cc(Cl)c2c(c1)[C@H](N1CCN(C3CC4(CCN(c5ccc(C(=O)NS(=O)(=O)c6cc7c(c([N+](=O)[O-])c6)N[C@H](C6CCOCC6)CO7)c(N6c7cc8cc[nH]c8nc7O[C@H]7COCC[C@@H]76)c5)CC4)C3)[C@H](c3ccccc3OC(C)C)C1)COC2. The molecular weight excluding hydrogens is 1130 g/mol. The number of anilines is 4. The highest BCUT2D eigenvalue weighted by Gasteiger charge is 2.51. The van der Waals surface area contributed by atoms with Crippen LogP contribution in [0.5, 0.6) is 17.4 Å². The third-order valence-corrected chi connectivity index (χ3v) is 20.9. The number of para-hydroxylation sites is 1. The number of nitrogens with one attached hydrogen (secondary N) is 3. The number of sulfonamides is 1. The van der Waals surface area contributed by atoms with Gasteiger partial charge in [0.1, 0.15) is 29.8 Å². The normalized spacial score (nSPS) is 24.5. The Labute approximate surface area is 499 Å². The summed E-state index contributed by atoms with van der Waals surface area (Å²) in [6, 6.07) is 24.6. The fourth-order valence-electron chi connectivity index (χ4n) is 14.9. The van der Waals surface area contributed by atoms with Crippen molar-refractivity contribution in [2.75, 3.05) is 87.5 Å². The second-order valence-electron chi connectivity index (χ2n) is 24.8. The number of amides is 1. The molecular formula is C63H72ClN9O11S. The van der Waals surface area contributed by atoms with Gasteiger partial charge in [-0.25, -0.2) is 13.1 Å². The van der Waals surface area contributed by atoms with Gasteiger partial charge in [0.05, 0.1) is 71.2 Å². The lowest BCUT2D eigenvalue weighted by molar-refractivity contribution is -0.384. The van der Waals surface area contributed by atoms with Crippen LogP contribution in [0.15, 0.2) is 90.0 Å². The number of halogens is 1. The van der Waals surface area contributed by atoms with Crippen molar-refractivity contribution in [2.24, 2.45) is 11.3 Å². The third kappa shape index (κ3) is 10.6. The minimum absolute atomic E-state index is 0.0224. The number of hydrogen-bond donors (Lipinski definition) is 3. The number of carbonyl (C=O) groups is 1. The highest BCUT2D eigenvalue weighted by Crippen LogP contribution is 2.55. The van der Waals surface area contributed by atoms with E-state index >= 15 is 0 Å². The van der Waals surface area contributed by atoms with Crippen LogP contribution >= 0.6 is 11.6 Å². The molecule has 3 N–H and O–H groups in total. The van der Waals surface area contributed by atoms with Crippen LogP contribution < -0.4 is 34.0 Å². The van der Waals surface area contributed by atoms with Crippen LogP contribution in [0.1, 0.15) is 103 Å². The van der Waals surface area contributed by atoms with Gasteiger partial charge in [-0.15, -0.1) is 0 Å². The molecule has 1 saturated carbocycles. The number of piperidine rings is 1. The number of rotatable bonds is 12.